The summed E-state index contributed by atoms with van der Waals surface area (Å²) in [7, 11) is 1.60. The van der Waals surface area contributed by atoms with Crippen LogP contribution in [0.25, 0.3) is 0 Å². The van der Waals surface area contributed by atoms with Crippen molar-refractivity contribution in [3.05, 3.63) is 30.1 Å². The fourth-order valence-electron chi connectivity index (χ4n) is 2.42. The molecule has 0 spiro atoms. The van der Waals surface area contributed by atoms with Crippen LogP contribution < -0.4 is 4.90 Å². The van der Waals surface area contributed by atoms with Gasteiger partial charge in [0.15, 0.2) is 0 Å². The molecule has 0 radical (unpaired) electrons. The molecule has 5 heteroatoms. The van der Waals surface area contributed by atoms with Crippen molar-refractivity contribution in [3.63, 3.8) is 0 Å². The normalized spacial score (nSPS) is 16.1. The zero-order valence-corrected chi connectivity index (χ0v) is 11.8. The van der Waals surface area contributed by atoms with E-state index in [1.807, 2.05) is 4.90 Å². The van der Waals surface area contributed by atoms with Gasteiger partial charge in [0, 0.05) is 39.0 Å². The van der Waals surface area contributed by atoms with Crippen molar-refractivity contribution in [1.29, 1.82) is 0 Å². The Bertz CT molecular complexity index is 436. The first-order valence-corrected chi connectivity index (χ1v) is 6.98. The molecular weight excluding hydrogens is 259 g/mol. The molecule has 0 atom stereocenters. The summed E-state index contributed by atoms with van der Waals surface area (Å²) in [6, 6.07) is 6.53. The number of anilines is 1. The van der Waals surface area contributed by atoms with Crippen molar-refractivity contribution < 1.29 is 13.9 Å². The molecule has 0 bridgehead atoms. The second-order valence-electron chi connectivity index (χ2n) is 4.94. The number of nitrogens with zero attached hydrogens (tertiary/aromatic N) is 2. The van der Waals surface area contributed by atoms with E-state index in [-0.39, 0.29) is 11.7 Å². The van der Waals surface area contributed by atoms with E-state index in [0.29, 0.717) is 19.6 Å². The van der Waals surface area contributed by atoms with E-state index < -0.39 is 0 Å². The van der Waals surface area contributed by atoms with Gasteiger partial charge in [0.2, 0.25) is 5.91 Å². The minimum Gasteiger partial charge on any atom is -0.384 e. The molecular formula is C15H21FN2O2. The van der Waals surface area contributed by atoms with Crippen LogP contribution in [-0.2, 0) is 9.53 Å². The van der Waals surface area contributed by atoms with Gasteiger partial charge >= 0.3 is 0 Å². The highest BCUT2D eigenvalue weighted by Gasteiger charge is 2.18. The Morgan fingerprint density at radius 2 is 1.95 bits per heavy atom. The van der Waals surface area contributed by atoms with Crippen molar-refractivity contribution in [2.75, 3.05) is 44.8 Å². The summed E-state index contributed by atoms with van der Waals surface area (Å²) in [4.78, 5) is 16.1. The number of carbonyl (C=O) groups is 1. The zero-order valence-electron chi connectivity index (χ0n) is 11.8. The van der Waals surface area contributed by atoms with Crippen LogP contribution in [0.15, 0.2) is 24.3 Å². The Morgan fingerprint density at radius 1 is 1.20 bits per heavy atom. The van der Waals surface area contributed by atoms with Gasteiger partial charge in [-0.3, -0.25) is 4.79 Å². The standard InChI is InChI=1S/C15H21FN2O2/c1-20-12-7-15(19)18-9-2-8-17(10-11-18)14-5-3-13(16)4-6-14/h3-6H,2,7-12H2,1H3. The molecule has 1 aromatic carbocycles. The van der Waals surface area contributed by atoms with Gasteiger partial charge in [0.1, 0.15) is 5.82 Å². The number of carbonyl (C=O) groups excluding carboxylic acids is 1. The summed E-state index contributed by atoms with van der Waals surface area (Å²) >= 11 is 0. The van der Waals surface area contributed by atoms with E-state index >= 15 is 0 Å². The van der Waals surface area contributed by atoms with Gasteiger partial charge in [-0.2, -0.15) is 0 Å². The Kier molecular flexibility index (Phi) is 5.35. The van der Waals surface area contributed by atoms with Crippen molar-refractivity contribution >= 4 is 11.6 Å². The van der Waals surface area contributed by atoms with Gasteiger partial charge < -0.3 is 14.5 Å². The number of ether oxygens (including phenoxy) is 1. The number of rotatable bonds is 4. The average molecular weight is 280 g/mol. The third-order valence-corrected chi connectivity index (χ3v) is 3.56. The Morgan fingerprint density at radius 3 is 2.65 bits per heavy atom. The molecule has 0 N–H and O–H groups in total. The number of halogens is 1. The first kappa shape index (κ1) is 14.8. The van der Waals surface area contributed by atoms with Gasteiger partial charge in [-0.1, -0.05) is 0 Å². The highest BCUT2D eigenvalue weighted by molar-refractivity contribution is 5.76. The molecule has 1 amide bonds. The maximum absolute atomic E-state index is 12.9. The van der Waals surface area contributed by atoms with Crippen LogP contribution in [0.1, 0.15) is 12.8 Å². The maximum atomic E-state index is 12.9. The largest absolute Gasteiger partial charge is 0.384 e. The van der Waals surface area contributed by atoms with Gasteiger partial charge in [-0.25, -0.2) is 4.39 Å². The van der Waals surface area contributed by atoms with Gasteiger partial charge in [-0.15, -0.1) is 0 Å². The highest BCUT2D eigenvalue weighted by Crippen LogP contribution is 2.17. The molecule has 1 aromatic rings. The number of hydrogen-bond donors (Lipinski definition) is 0. The SMILES string of the molecule is COCCC(=O)N1CCCN(c2ccc(F)cc2)CC1. The number of hydrogen-bond acceptors (Lipinski definition) is 3. The first-order chi connectivity index (χ1) is 9.70. The minimum atomic E-state index is -0.222. The lowest BCUT2D eigenvalue weighted by Gasteiger charge is -2.23. The van der Waals surface area contributed by atoms with Gasteiger partial charge in [0.25, 0.3) is 0 Å². The van der Waals surface area contributed by atoms with Crippen molar-refractivity contribution in [2.24, 2.45) is 0 Å². The Hall–Kier alpha value is -1.62. The molecule has 110 valence electrons. The molecule has 1 aliphatic rings. The fourth-order valence-corrected chi connectivity index (χ4v) is 2.42. The van der Waals surface area contributed by atoms with E-state index in [4.69, 9.17) is 4.74 Å². The number of amides is 1. The van der Waals surface area contributed by atoms with Gasteiger partial charge in [-0.05, 0) is 30.7 Å². The van der Waals surface area contributed by atoms with Crippen molar-refractivity contribution in [3.8, 4) is 0 Å². The molecule has 1 aliphatic heterocycles. The maximum Gasteiger partial charge on any atom is 0.224 e. The fraction of sp³-hybridized carbons (Fsp3) is 0.533. The molecule has 1 heterocycles. The summed E-state index contributed by atoms with van der Waals surface area (Å²) in [6.45, 7) is 3.63. The third kappa shape index (κ3) is 3.93. The summed E-state index contributed by atoms with van der Waals surface area (Å²) in [6.07, 6.45) is 1.36. The highest BCUT2D eigenvalue weighted by atomic mass is 19.1. The number of methoxy groups -OCH3 is 1. The van der Waals surface area contributed by atoms with E-state index in [9.17, 15) is 9.18 Å². The molecule has 0 saturated carbocycles. The lowest BCUT2D eigenvalue weighted by molar-refractivity contribution is -0.131. The van der Waals surface area contributed by atoms with E-state index in [2.05, 4.69) is 4.90 Å². The van der Waals surface area contributed by atoms with E-state index in [1.165, 1.54) is 12.1 Å². The van der Waals surface area contributed by atoms with Crippen molar-refractivity contribution in [2.45, 2.75) is 12.8 Å². The summed E-state index contributed by atoms with van der Waals surface area (Å²) in [5.41, 5.74) is 1.01. The quantitative estimate of drug-likeness (QED) is 0.844. The molecule has 1 fully saturated rings. The molecule has 0 aromatic heterocycles. The summed E-state index contributed by atoms with van der Waals surface area (Å²) in [5, 5.41) is 0. The second-order valence-corrected chi connectivity index (χ2v) is 4.94. The van der Waals surface area contributed by atoms with Gasteiger partial charge in [0.05, 0.1) is 13.0 Å². The van der Waals surface area contributed by atoms with Crippen LogP contribution >= 0.6 is 0 Å². The van der Waals surface area contributed by atoms with Crippen LogP contribution in [0.2, 0.25) is 0 Å². The first-order valence-electron chi connectivity index (χ1n) is 6.98. The van der Waals surface area contributed by atoms with Crippen LogP contribution in [0, 0.1) is 5.82 Å². The monoisotopic (exact) mass is 280 g/mol. The molecule has 20 heavy (non-hydrogen) atoms. The Labute approximate surface area is 119 Å². The molecule has 0 aliphatic carbocycles. The second kappa shape index (κ2) is 7.24. The van der Waals surface area contributed by atoms with Crippen molar-refractivity contribution in [1.82, 2.24) is 4.90 Å². The Balaban J connectivity index is 1.91. The number of benzene rings is 1. The molecule has 4 nitrogen and oxygen atoms in total. The summed E-state index contributed by atoms with van der Waals surface area (Å²) < 4.78 is 17.9. The van der Waals surface area contributed by atoms with Crippen LogP contribution in [-0.4, -0.2) is 50.7 Å². The van der Waals surface area contributed by atoms with Crippen LogP contribution in [0.4, 0.5) is 10.1 Å². The van der Waals surface area contributed by atoms with Crippen LogP contribution in [0.3, 0.4) is 0 Å². The molecule has 1 saturated heterocycles. The topological polar surface area (TPSA) is 32.8 Å². The molecule has 2 rings (SSSR count). The molecule has 0 unspecified atom stereocenters. The minimum absolute atomic E-state index is 0.146. The van der Waals surface area contributed by atoms with E-state index in [1.54, 1.807) is 19.2 Å². The summed E-state index contributed by atoms with van der Waals surface area (Å²) in [5.74, 6) is -0.0762. The lowest BCUT2D eigenvalue weighted by atomic mass is 10.2. The predicted molar refractivity (Wildman–Crippen MR) is 76.3 cm³/mol. The lowest BCUT2D eigenvalue weighted by Crippen LogP contribution is -2.35. The average Bonchev–Trinajstić information content (AvgIpc) is 2.71. The smallest absolute Gasteiger partial charge is 0.224 e. The van der Waals surface area contributed by atoms with E-state index in [0.717, 1.165) is 31.7 Å². The van der Waals surface area contributed by atoms with Crippen LogP contribution in [0.5, 0.6) is 0 Å². The third-order valence-electron chi connectivity index (χ3n) is 3.56. The zero-order chi connectivity index (χ0) is 14.4. The predicted octanol–water partition coefficient (Wildman–Crippen LogP) is 1.90.